The van der Waals surface area contributed by atoms with Crippen molar-refractivity contribution in [1.82, 2.24) is 4.90 Å². The zero-order valence-electron chi connectivity index (χ0n) is 9.27. The van der Waals surface area contributed by atoms with Gasteiger partial charge in [-0.1, -0.05) is 40.0 Å². The fraction of sp³-hybridized carbons (Fsp3) is 1.00. The molecule has 0 radical (unpaired) electrons. The van der Waals surface area contributed by atoms with E-state index < -0.39 is 0 Å². The lowest BCUT2D eigenvalue weighted by molar-refractivity contribution is 0.287. The molecule has 1 unspecified atom stereocenters. The summed E-state index contributed by atoms with van der Waals surface area (Å²) in [5, 5.41) is 0. The summed E-state index contributed by atoms with van der Waals surface area (Å²) >= 11 is 0. The highest BCUT2D eigenvalue weighted by atomic mass is 15.1. The van der Waals surface area contributed by atoms with Crippen LogP contribution in [0.25, 0.3) is 0 Å². The van der Waals surface area contributed by atoms with Gasteiger partial charge in [-0.15, -0.1) is 0 Å². The molecule has 0 N–H and O–H groups in total. The molecule has 1 atom stereocenters. The van der Waals surface area contributed by atoms with Crippen LogP contribution in [0.2, 0.25) is 0 Å². The van der Waals surface area contributed by atoms with Crippen molar-refractivity contribution in [3.05, 3.63) is 0 Å². The fourth-order valence-corrected chi connectivity index (χ4v) is 1.50. The van der Waals surface area contributed by atoms with Crippen molar-refractivity contribution in [1.29, 1.82) is 0 Å². The summed E-state index contributed by atoms with van der Waals surface area (Å²) in [6, 6.07) is 0. The summed E-state index contributed by atoms with van der Waals surface area (Å²) < 4.78 is 0. The minimum Gasteiger partial charge on any atom is -0.306 e. The normalized spacial score (nSPS) is 13.8. The SMILES string of the molecule is CCCCCC(C)CN(C)CC. The maximum Gasteiger partial charge on any atom is 0.000385 e. The Hall–Kier alpha value is -0.0400. The highest BCUT2D eigenvalue weighted by molar-refractivity contribution is 4.57. The Morgan fingerprint density at radius 1 is 1.17 bits per heavy atom. The van der Waals surface area contributed by atoms with Gasteiger partial charge in [0.25, 0.3) is 0 Å². The molecule has 0 heterocycles. The molecule has 0 fully saturated rings. The van der Waals surface area contributed by atoms with Crippen molar-refractivity contribution in [2.75, 3.05) is 20.1 Å². The van der Waals surface area contributed by atoms with Gasteiger partial charge in [0.2, 0.25) is 0 Å². The van der Waals surface area contributed by atoms with E-state index in [9.17, 15) is 0 Å². The van der Waals surface area contributed by atoms with Crippen LogP contribution < -0.4 is 0 Å². The molecule has 1 nitrogen and oxygen atoms in total. The highest BCUT2D eigenvalue weighted by Gasteiger charge is 2.03. The van der Waals surface area contributed by atoms with Crippen LogP contribution in [0.3, 0.4) is 0 Å². The Labute approximate surface area is 78.1 Å². The second-order valence-corrected chi connectivity index (χ2v) is 3.96. The first-order valence-corrected chi connectivity index (χ1v) is 5.39. The first kappa shape index (κ1) is 12.0. The van der Waals surface area contributed by atoms with Gasteiger partial charge in [-0.2, -0.15) is 0 Å². The monoisotopic (exact) mass is 171 g/mol. The van der Waals surface area contributed by atoms with Crippen LogP contribution in [0.4, 0.5) is 0 Å². The molecule has 0 saturated carbocycles. The maximum absolute atomic E-state index is 2.40. The average Bonchev–Trinajstić information content (AvgIpc) is 2.05. The smallest absolute Gasteiger partial charge is 0.000385 e. The molecule has 1 heteroatoms. The third-order valence-corrected chi connectivity index (χ3v) is 2.46. The van der Waals surface area contributed by atoms with Crippen LogP contribution in [0.5, 0.6) is 0 Å². The van der Waals surface area contributed by atoms with Gasteiger partial charge in [-0.05, 0) is 25.9 Å². The second-order valence-electron chi connectivity index (χ2n) is 3.96. The van der Waals surface area contributed by atoms with E-state index >= 15 is 0 Å². The maximum atomic E-state index is 2.40. The lowest BCUT2D eigenvalue weighted by atomic mass is 10.0. The van der Waals surface area contributed by atoms with Gasteiger partial charge >= 0.3 is 0 Å². The quantitative estimate of drug-likeness (QED) is 0.532. The molecule has 0 aliphatic carbocycles. The molecular formula is C11H25N. The Bertz CT molecular complexity index is 91.0. The lowest BCUT2D eigenvalue weighted by Crippen LogP contribution is -2.23. The van der Waals surface area contributed by atoms with E-state index in [4.69, 9.17) is 0 Å². The molecule has 0 amide bonds. The van der Waals surface area contributed by atoms with E-state index in [1.165, 1.54) is 38.8 Å². The third kappa shape index (κ3) is 6.66. The number of nitrogens with zero attached hydrogens (tertiary/aromatic N) is 1. The van der Waals surface area contributed by atoms with Crippen LogP contribution in [0.1, 0.15) is 46.5 Å². The molecule has 0 aromatic rings. The van der Waals surface area contributed by atoms with Crippen LogP contribution in [-0.4, -0.2) is 25.0 Å². The van der Waals surface area contributed by atoms with Crippen LogP contribution in [-0.2, 0) is 0 Å². The predicted molar refractivity (Wildman–Crippen MR) is 56.5 cm³/mol. The van der Waals surface area contributed by atoms with E-state index in [1.807, 2.05) is 0 Å². The van der Waals surface area contributed by atoms with Gasteiger partial charge in [-0.25, -0.2) is 0 Å². The molecule has 0 aromatic heterocycles. The van der Waals surface area contributed by atoms with Crippen molar-refractivity contribution >= 4 is 0 Å². The number of hydrogen-bond donors (Lipinski definition) is 0. The van der Waals surface area contributed by atoms with Gasteiger partial charge in [0.15, 0.2) is 0 Å². The molecule has 0 spiro atoms. The summed E-state index contributed by atoms with van der Waals surface area (Å²) in [6.45, 7) is 9.29. The number of rotatable bonds is 7. The Morgan fingerprint density at radius 3 is 2.33 bits per heavy atom. The Balaban J connectivity index is 3.26. The van der Waals surface area contributed by atoms with Crippen molar-refractivity contribution < 1.29 is 0 Å². The standard InChI is InChI=1S/C11H25N/c1-5-7-8-9-11(3)10-12(4)6-2/h11H,5-10H2,1-4H3. The Morgan fingerprint density at radius 2 is 1.83 bits per heavy atom. The zero-order chi connectivity index (χ0) is 9.40. The van der Waals surface area contributed by atoms with Crippen LogP contribution in [0.15, 0.2) is 0 Å². The molecule has 0 aromatic carbocycles. The number of unbranched alkanes of at least 4 members (excludes halogenated alkanes) is 2. The topological polar surface area (TPSA) is 3.24 Å². The lowest BCUT2D eigenvalue weighted by Gasteiger charge is -2.19. The van der Waals surface area contributed by atoms with Gasteiger partial charge in [-0.3, -0.25) is 0 Å². The Kier molecular flexibility index (Phi) is 7.58. The van der Waals surface area contributed by atoms with E-state index in [0.29, 0.717) is 0 Å². The van der Waals surface area contributed by atoms with E-state index in [-0.39, 0.29) is 0 Å². The van der Waals surface area contributed by atoms with E-state index in [1.54, 1.807) is 0 Å². The predicted octanol–water partition coefficient (Wildman–Crippen LogP) is 3.15. The summed E-state index contributed by atoms with van der Waals surface area (Å²) in [6.07, 6.45) is 5.56. The molecule has 74 valence electrons. The minimum atomic E-state index is 0.876. The van der Waals surface area contributed by atoms with E-state index in [0.717, 1.165) is 5.92 Å². The molecule has 12 heavy (non-hydrogen) atoms. The molecule has 0 rings (SSSR count). The molecular weight excluding hydrogens is 146 g/mol. The summed E-state index contributed by atoms with van der Waals surface area (Å²) in [5.41, 5.74) is 0. The van der Waals surface area contributed by atoms with Crippen LogP contribution in [0, 0.1) is 5.92 Å². The first-order chi connectivity index (χ1) is 5.70. The average molecular weight is 171 g/mol. The third-order valence-electron chi connectivity index (χ3n) is 2.46. The van der Waals surface area contributed by atoms with Crippen molar-refractivity contribution in [2.24, 2.45) is 5.92 Å². The molecule has 0 saturated heterocycles. The highest BCUT2D eigenvalue weighted by Crippen LogP contribution is 2.09. The van der Waals surface area contributed by atoms with Crippen molar-refractivity contribution in [3.8, 4) is 0 Å². The molecule has 0 aliphatic heterocycles. The van der Waals surface area contributed by atoms with Crippen LogP contribution >= 0.6 is 0 Å². The first-order valence-electron chi connectivity index (χ1n) is 5.39. The molecule has 0 aliphatic rings. The van der Waals surface area contributed by atoms with Gasteiger partial charge in [0.05, 0.1) is 0 Å². The van der Waals surface area contributed by atoms with E-state index in [2.05, 4.69) is 32.7 Å². The van der Waals surface area contributed by atoms with Gasteiger partial charge in [0.1, 0.15) is 0 Å². The summed E-state index contributed by atoms with van der Waals surface area (Å²) in [5.74, 6) is 0.876. The summed E-state index contributed by atoms with van der Waals surface area (Å²) in [7, 11) is 2.20. The number of hydrogen-bond acceptors (Lipinski definition) is 1. The second kappa shape index (κ2) is 7.60. The largest absolute Gasteiger partial charge is 0.306 e. The molecule has 0 bridgehead atoms. The summed E-state index contributed by atoms with van der Waals surface area (Å²) in [4.78, 5) is 2.40. The van der Waals surface area contributed by atoms with Crippen molar-refractivity contribution in [2.45, 2.75) is 46.5 Å². The zero-order valence-corrected chi connectivity index (χ0v) is 9.27. The van der Waals surface area contributed by atoms with Crippen molar-refractivity contribution in [3.63, 3.8) is 0 Å². The minimum absolute atomic E-state index is 0.876. The van der Waals surface area contributed by atoms with Gasteiger partial charge < -0.3 is 4.90 Å². The fourth-order valence-electron chi connectivity index (χ4n) is 1.50. The van der Waals surface area contributed by atoms with Gasteiger partial charge in [0, 0.05) is 6.54 Å².